The fourth-order valence-corrected chi connectivity index (χ4v) is 4.18. The van der Waals surface area contributed by atoms with Crippen LogP contribution in [0.5, 0.6) is 0 Å². The fourth-order valence-electron chi connectivity index (χ4n) is 4.18. The number of nitrogens with zero attached hydrogens (tertiary/aromatic N) is 5. The first kappa shape index (κ1) is 21.3. The van der Waals surface area contributed by atoms with Gasteiger partial charge in [-0.1, -0.05) is 13.8 Å². The minimum Gasteiger partial charge on any atom is -0.345 e. The molecule has 2 aromatic heterocycles. The van der Waals surface area contributed by atoms with Crippen LogP contribution in [0.1, 0.15) is 79.1 Å². The molecule has 0 radical (unpaired) electrons. The largest absolute Gasteiger partial charge is 0.345 e. The van der Waals surface area contributed by atoms with Crippen LogP contribution in [0.2, 0.25) is 0 Å². The standard InChI is InChI=1S/C22H34N6O/c1-7-19(20-16(5)26-28(8-2)17(20)6)25-21(29)18-13-23-22(24-15(18)4)27-11-9-14(3)10-12-27/h13-14,19H,7-12H2,1-6H3,(H,25,29). The van der Waals surface area contributed by atoms with Gasteiger partial charge in [0.2, 0.25) is 5.95 Å². The Labute approximate surface area is 173 Å². The summed E-state index contributed by atoms with van der Waals surface area (Å²) in [5.74, 6) is 1.36. The summed E-state index contributed by atoms with van der Waals surface area (Å²) in [7, 11) is 0. The Balaban J connectivity index is 1.77. The molecule has 158 valence electrons. The number of hydrogen-bond acceptors (Lipinski definition) is 5. The zero-order valence-corrected chi connectivity index (χ0v) is 18.6. The van der Waals surface area contributed by atoms with Crippen molar-refractivity contribution in [3.63, 3.8) is 0 Å². The van der Waals surface area contributed by atoms with E-state index in [1.54, 1.807) is 6.20 Å². The van der Waals surface area contributed by atoms with Crippen molar-refractivity contribution < 1.29 is 4.79 Å². The van der Waals surface area contributed by atoms with Crippen molar-refractivity contribution in [1.29, 1.82) is 0 Å². The molecular weight excluding hydrogens is 364 g/mol. The lowest BCUT2D eigenvalue weighted by molar-refractivity contribution is 0.0934. The highest BCUT2D eigenvalue weighted by Gasteiger charge is 2.24. The second kappa shape index (κ2) is 8.93. The van der Waals surface area contributed by atoms with Gasteiger partial charge >= 0.3 is 0 Å². The minimum absolute atomic E-state index is 0.0783. The van der Waals surface area contributed by atoms with Crippen molar-refractivity contribution in [3.8, 4) is 0 Å². The quantitative estimate of drug-likeness (QED) is 0.802. The van der Waals surface area contributed by atoms with Crippen LogP contribution in [0.15, 0.2) is 6.20 Å². The number of amides is 1. The molecule has 3 heterocycles. The van der Waals surface area contributed by atoms with E-state index in [0.29, 0.717) is 5.56 Å². The van der Waals surface area contributed by atoms with Crippen molar-refractivity contribution in [2.24, 2.45) is 5.92 Å². The first-order valence-electron chi connectivity index (χ1n) is 10.8. The third kappa shape index (κ3) is 4.43. The Kier molecular flexibility index (Phi) is 6.55. The number of nitrogens with one attached hydrogen (secondary N) is 1. The molecule has 29 heavy (non-hydrogen) atoms. The zero-order chi connectivity index (χ0) is 21.1. The topological polar surface area (TPSA) is 75.9 Å². The highest BCUT2D eigenvalue weighted by molar-refractivity contribution is 5.95. The fraction of sp³-hybridized carbons (Fsp3) is 0.636. The van der Waals surface area contributed by atoms with Crippen LogP contribution in [-0.4, -0.2) is 38.7 Å². The van der Waals surface area contributed by atoms with Crippen LogP contribution in [-0.2, 0) is 6.54 Å². The van der Waals surface area contributed by atoms with E-state index in [-0.39, 0.29) is 11.9 Å². The molecule has 1 saturated heterocycles. The SMILES string of the molecule is CCC(NC(=O)c1cnc(N2CCC(C)CC2)nc1C)c1c(C)nn(CC)c1C. The highest BCUT2D eigenvalue weighted by Crippen LogP contribution is 2.25. The first-order valence-corrected chi connectivity index (χ1v) is 10.8. The number of aromatic nitrogens is 4. The highest BCUT2D eigenvalue weighted by atomic mass is 16.1. The van der Waals surface area contributed by atoms with Crippen molar-refractivity contribution in [2.45, 2.75) is 73.4 Å². The number of rotatable bonds is 6. The third-order valence-corrected chi connectivity index (χ3v) is 6.08. The Hall–Kier alpha value is -2.44. The number of anilines is 1. The van der Waals surface area contributed by atoms with Gasteiger partial charge < -0.3 is 10.2 Å². The second-order valence-electron chi connectivity index (χ2n) is 8.17. The molecule has 2 aromatic rings. The lowest BCUT2D eigenvalue weighted by atomic mass is 10.00. The van der Waals surface area contributed by atoms with E-state index in [2.05, 4.69) is 53.0 Å². The van der Waals surface area contributed by atoms with Gasteiger partial charge in [-0.05, 0) is 52.9 Å². The van der Waals surface area contributed by atoms with E-state index in [1.807, 2.05) is 18.5 Å². The molecule has 1 N–H and O–H groups in total. The summed E-state index contributed by atoms with van der Waals surface area (Å²) in [6.07, 6.45) is 4.79. The van der Waals surface area contributed by atoms with Gasteiger partial charge in [-0.25, -0.2) is 9.97 Å². The number of aryl methyl sites for hydroxylation is 3. The maximum Gasteiger partial charge on any atom is 0.255 e. The van der Waals surface area contributed by atoms with Crippen LogP contribution < -0.4 is 10.2 Å². The molecule has 0 aliphatic carbocycles. The number of carbonyl (C=O) groups excluding carboxylic acids is 1. The van der Waals surface area contributed by atoms with Crippen LogP contribution in [0.25, 0.3) is 0 Å². The zero-order valence-electron chi connectivity index (χ0n) is 18.6. The van der Waals surface area contributed by atoms with Gasteiger partial charge in [-0.15, -0.1) is 0 Å². The summed E-state index contributed by atoms with van der Waals surface area (Å²) < 4.78 is 1.99. The maximum atomic E-state index is 13.0. The Morgan fingerprint density at radius 2 is 1.90 bits per heavy atom. The molecule has 1 fully saturated rings. The van der Waals surface area contributed by atoms with Crippen molar-refractivity contribution in [3.05, 3.63) is 34.4 Å². The Bertz CT molecular complexity index is 866. The van der Waals surface area contributed by atoms with Crippen LogP contribution in [0, 0.1) is 26.7 Å². The predicted molar refractivity (Wildman–Crippen MR) is 115 cm³/mol. The van der Waals surface area contributed by atoms with Crippen LogP contribution in [0.4, 0.5) is 5.95 Å². The monoisotopic (exact) mass is 398 g/mol. The minimum atomic E-state index is -0.129. The number of hydrogen-bond donors (Lipinski definition) is 1. The first-order chi connectivity index (χ1) is 13.8. The van der Waals surface area contributed by atoms with E-state index < -0.39 is 0 Å². The summed E-state index contributed by atoms with van der Waals surface area (Å²) in [6.45, 7) is 15.2. The van der Waals surface area contributed by atoms with Gasteiger partial charge in [0.1, 0.15) is 0 Å². The van der Waals surface area contributed by atoms with Gasteiger partial charge in [0, 0.05) is 37.1 Å². The van der Waals surface area contributed by atoms with E-state index in [9.17, 15) is 4.79 Å². The molecule has 1 atom stereocenters. The normalized spacial score (nSPS) is 16.1. The molecule has 1 aliphatic heterocycles. The van der Waals surface area contributed by atoms with Gasteiger partial charge in [0.25, 0.3) is 5.91 Å². The molecule has 0 spiro atoms. The molecule has 3 rings (SSSR count). The molecular formula is C22H34N6O. The van der Waals surface area contributed by atoms with Crippen molar-refractivity contribution in [1.82, 2.24) is 25.1 Å². The summed E-state index contributed by atoms with van der Waals surface area (Å²) in [5, 5.41) is 7.78. The summed E-state index contributed by atoms with van der Waals surface area (Å²) in [5.41, 5.74) is 4.45. The molecule has 0 aromatic carbocycles. The van der Waals surface area contributed by atoms with Crippen LogP contribution >= 0.6 is 0 Å². The van der Waals surface area contributed by atoms with E-state index >= 15 is 0 Å². The molecule has 1 unspecified atom stereocenters. The predicted octanol–water partition coefficient (Wildman–Crippen LogP) is 3.74. The molecule has 1 amide bonds. The molecule has 1 aliphatic rings. The van der Waals surface area contributed by atoms with Crippen molar-refractivity contribution in [2.75, 3.05) is 18.0 Å². The average molecular weight is 399 g/mol. The lowest BCUT2D eigenvalue weighted by Gasteiger charge is -2.30. The Morgan fingerprint density at radius 1 is 1.21 bits per heavy atom. The summed E-state index contributed by atoms with van der Waals surface area (Å²) in [6, 6.07) is -0.0783. The van der Waals surface area contributed by atoms with Crippen molar-refractivity contribution >= 4 is 11.9 Å². The molecule has 7 heteroatoms. The number of carbonyl (C=O) groups is 1. The maximum absolute atomic E-state index is 13.0. The Morgan fingerprint density at radius 3 is 2.45 bits per heavy atom. The molecule has 0 bridgehead atoms. The van der Waals surface area contributed by atoms with Gasteiger partial charge in [0.15, 0.2) is 0 Å². The smallest absolute Gasteiger partial charge is 0.255 e. The van der Waals surface area contributed by atoms with Gasteiger partial charge in [-0.2, -0.15) is 5.10 Å². The third-order valence-electron chi connectivity index (χ3n) is 6.08. The second-order valence-corrected chi connectivity index (χ2v) is 8.17. The van der Waals surface area contributed by atoms with Crippen LogP contribution in [0.3, 0.4) is 0 Å². The van der Waals surface area contributed by atoms with Gasteiger partial charge in [-0.3, -0.25) is 9.48 Å². The molecule has 7 nitrogen and oxygen atoms in total. The summed E-state index contributed by atoms with van der Waals surface area (Å²) in [4.78, 5) is 24.4. The average Bonchev–Trinajstić information content (AvgIpc) is 2.99. The summed E-state index contributed by atoms with van der Waals surface area (Å²) >= 11 is 0. The van der Waals surface area contributed by atoms with E-state index in [0.717, 1.165) is 73.4 Å². The van der Waals surface area contributed by atoms with Gasteiger partial charge in [0.05, 0.1) is 23.0 Å². The van der Waals surface area contributed by atoms with E-state index in [4.69, 9.17) is 0 Å². The lowest BCUT2D eigenvalue weighted by Crippen LogP contribution is -2.35. The van der Waals surface area contributed by atoms with E-state index in [1.165, 1.54) is 0 Å². The number of piperidine rings is 1. The molecule has 0 saturated carbocycles.